The highest BCUT2D eigenvalue weighted by Crippen LogP contribution is 2.42. The maximum Gasteiger partial charge on any atom is 0.417 e. The van der Waals surface area contributed by atoms with Crippen LogP contribution in [0.2, 0.25) is 5.02 Å². The Bertz CT molecular complexity index is 1050. The van der Waals surface area contributed by atoms with Gasteiger partial charge in [-0.25, -0.2) is 4.39 Å². The fourth-order valence-corrected chi connectivity index (χ4v) is 3.47. The van der Waals surface area contributed by atoms with Gasteiger partial charge in [-0.05, 0) is 61.7 Å². The van der Waals surface area contributed by atoms with Gasteiger partial charge in [0.15, 0.2) is 0 Å². The monoisotopic (exact) mass is 422 g/mol. The number of benzene rings is 2. The van der Waals surface area contributed by atoms with Gasteiger partial charge in [0, 0.05) is 16.9 Å². The van der Waals surface area contributed by atoms with Gasteiger partial charge >= 0.3 is 6.18 Å². The van der Waals surface area contributed by atoms with E-state index in [9.17, 15) is 22.4 Å². The van der Waals surface area contributed by atoms with Crippen LogP contribution in [-0.2, 0) is 11.0 Å². The number of carbonyl (C=O) groups is 1. The zero-order valence-corrected chi connectivity index (χ0v) is 15.7. The molecule has 2 N–H and O–H groups in total. The van der Waals surface area contributed by atoms with Crippen molar-refractivity contribution >= 4 is 28.8 Å². The van der Waals surface area contributed by atoms with Crippen molar-refractivity contribution in [3.8, 4) is 0 Å². The lowest BCUT2D eigenvalue weighted by atomic mass is 9.78. The predicted octanol–water partition coefficient (Wildman–Crippen LogP) is 6.30. The Labute approximate surface area is 169 Å². The molecular formula is C21H15ClF4N2O. The molecule has 0 aromatic heterocycles. The van der Waals surface area contributed by atoms with Crippen LogP contribution < -0.4 is 10.6 Å². The van der Waals surface area contributed by atoms with Crippen molar-refractivity contribution in [2.24, 2.45) is 0 Å². The second-order valence-electron chi connectivity index (χ2n) is 6.86. The predicted molar refractivity (Wildman–Crippen MR) is 103 cm³/mol. The molecule has 29 heavy (non-hydrogen) atoms. The average molecular weight is 423 g/mol. The number of anilines is 2. The molecule has 0 aliphatic heterocycles. The number of hydrogen-bond acceptors (Lipinski definition) is 3. The van der Waals surface area contributed by atoms with Crippen LogP contribution >= 0.6 is 11.6 Å². The number of nitrogens with one attached hydrogen (secondary N) is 2. The number of halogens is 5. The second kappa shape index (κ2) is 7.22. The minimum absolute atomic E-state index is 0.0983. The van der Waals surface area contributed by atoms with Crippen LogP contribution in [0.3, 0.4) is 0 Å². The van der Waals surface area contributed by atoms with E-state index in [2.05, 4.69) is 10.6 Å². The highest BCUT2D eigenvalue weighted by Gasteiger charge is 2.38. The molecule has 0 saturated heterocycles. The van der Waals surface area contributed by atoms with Crippen molar-refractivity contribution in [3.63, 3.8) is 0 Å². The number of carbonyl (C=O) groups excluding carboxylic acids is 1. The summed E-state index contributed by atoms with van der Waals surface area (Å²) in [6.07, 6.45) is -2.00. The molecule has 2 aromatic rings. The topological polar surface area (TPSA) is 41.1 Å². The fourth-order valence-electron chi connectivity index (χ4n) is 3.24. The quantitative estimate of drug-likeness (QED) is 0.449. The Morgan fingerprint density at radius 3 is 2.10 bits per heavy atom. The van der Waals surface area contributed by atoms with Crippen molar-refractivity contribution in [1.29, 1.82) is 0 Å². The molecule has 8 heteroatoms. The van der Waals surface area contributed by atoms with Crippen molar-refractivity contribution in [2.45, 2.75) is 25.4 Å². The summed E-state index contributed by atoms with van der Waals surface area (Å²) in [6.45, 7) is 0. The molecule has 0 heterocycles. The van der Waals surface area contributed by atoms with E-state index >= 15 is 0 Å². The number of Topliss-reactive ketones (excluding diaryl/α,β-unsaturated/α-hetero) is 1. The van der Waals surface area contributed by atoms with Crippen LogP contribution in [0, 0.1) is 5.82 Å². The van der Waals surface area contributed by atoms with Gasteiger partial charge < -0.3 is 10.6 Å². The van der Waals surface area contributed by atoms with Crippen LogP contribution in [-0.4, -0.2) is 5.78 Å². The molecule has 0 radical (unpaired) electrons. The van der Waals surface area contributed by atoms with Crippen LogP contribution in [0.15, 0.2) is 65.0 Å². The first kappa shape index (κ1) is 19.5. The smallest absolute Gasteiger partial charge is 0.353 e. The molecule has 2 aliphatic rings. The molecule has 0 spiro atoms. The van der Waals surface area contributed by atoms with Gasteiger partial charge in [-0.3, -0.25) is 4.79 Å². The van der Waals surface area contributed by atoms with E-state index in [1.807, 2.05) is 0 Å². The highest BCUT2D eigenvalue weighted by molar-refractivity contribution is 6.31. The van der Waals surface area contributed by atoms with E-state index in [4.69, 9.17) is 11.6 Å². The SMILES string of the molecule is O=C1C(Nc2ccc(Cl)c(C(F)(F)F)c2)=C(Nc2ccc(F)cc2)C1=C1CCC1. The summed E-state index contributed by atoms with van der Waals surface area (Å²) in [7, 11) is 0. The van der Waals surface area contributed by atoms with Crippen molar-refractivity contribution in [2.75, 3.05) is 10.6 Å². The van der Waals surface area contributed by atoms with Crippen molar-refractivity contribution in [1.82, 2.24) is 0 Å². The first-order valence-corrected chi connectivity index (χ1v) is 9.29. The Morgan fingerprint density at radius 2 is 1.52 bits per heavy atom. The van der Waals surface area contributed by atoms with Crippen molar-refractivity contribution in [3.05, 3.63) is 81.4 Å². The highest BCUT2D eigenvalue weighted by atomic mass is 35.5. The normalized spacial score (nSPS) is 16.5. The largest absolute Gasteiger partial charge is 0.417 e. The summed E-state index contributed by atoms with van der Waals surface area (Å²) < 4.78 is 52.5. The molecule has 1 saturated carbocycles. The number of allylic oxidation sites excluding steroid dienone is 3. The maximum absolute atomic E-state index is 13.2. The van der Waals surface area contributed by atoms with Crippen LogP contribution in [0.4, 0.5) is 28.9 Å². The molecule has 150 valence electrons. The molecular weight excluding hydrogens is 408 g/mol. The molecule has 0 atom stereocenters. The molecule has 0 unspecified atom stereocenters. The minimum atomic E-state index is -4.61. The molecule has 0 amide bonds. The summed E-state index contributed by atoms with van der Waals surface area (Å²) in [4.78, 5) is 12.7. The molecule has 2 aliphatic carbocycles. The van der Waals surface area contributed by atoms with Gasteiger partial charge in [-0.15, -0.1) is 0 Å². The van der Waals surface area contributed by atoms with E-state index in [0.29, 0.717) is 17.0 Å². The zero-order chi connectivity index (χ0) is 20.8. The molecule has 3 nitrogen and oxygen atoms in total. The molecule has 0 bridgehead atoms. The van der Waals surface area contributed by atoms with Crippen LogP contribution in [0.1, 0.15) is 24.8 Å². The number of alkyl halides is 3. The summed E-state index contributed by atoms with van der Waals surface area (Å²) in [6, 6.07) is 8.98. The van der Waals surface area contributed by atoms with E-state index in [1.54, 1.807) is 0 Å². The van der Waals surface area contributed by atoms with E-state index in [0.717, 1.165) is 37.0 Å². The van der Waals surface area contributed by atoms with Crippen LogP contribution in [0.5, 0.6) is 0 Å². The van der Waals surface area contributed by atoms with Gasteiger partial charge in [0.1, 0.15) is 11.5 Å². The maximum atomic E-state index is 13.2. The van der Waals surface area contributed by atoms with Gasteiger partial charge in [0.2, 0.25) is 5.78 Å². The average Bonchev–Trinajstić information content (AvgIpc) is 2.63. The Hall–Kier alpha value is -2.80. The van der Waals surface area contributed by atoms with E-state index < -0.39 is 22.6 Å². The van der Waals surface area contributed by atoms with Gasteiger partial charge in [0.05, 0.1) is 16.3 Å². The molecule has 1 fully saturated rings. The number of ketones is 1. The lowest BCUT2D eigenvalue weighted by Gasteiger charge is -2.33. The zero-order valence-electron chi connectivity index (χ0n) is 15.0. The molecule has 2 aromatic carbocycles. The van der Waals surface area contributed by atoms with Crippen molar-refractivity contribution < 1.29 is 22.4 Å². The first-order chi connectivity index (χ1) is 13.7. The van der Waals surface area contributed by atoms with Gasteiger partial charge in [-0.1, -0.05) is 17.2 Å². The number of hydrogen-bond donors (Lipinski definition) is 2. The summed E-state index contributed by atoms with van der Waals surface area (Å²) >= 11 is 5.66. The lowest BCUT2D eigenvalue weighted by molar-refractivity contribution is -0.137. The third kappa shape index (κ3) is 3.74. The Balaban J connectivity index is 1.69. The molecule has 4 rings (SSSR count). The summed E-state index contributed by atoms with van der Waals surface area (Å²) in [5.74, 6) is -0.654. The summed E-state index contributed by atoms with van der Waals surface area (Å²) in [5, 5.41) is 5.45. The standard InChI is InChI=1S/C21H15ClF4N2O/c22-16-9-8-14(10-15(16)21(24,25)26)28-19-18(17(20(19)29)11-2-1-3-11)27-13-6-4-12(23)5-7-13/h4-10,27-28H,1-3H2. The Morgan fingerprint density at radius 1 is 0.897 bits per heavy atom. The fraction of sp³-hybridized carbons (Fsp3) is 0.190. The third-order valence-corrected chi connectivity index (χ3v) is 5.25. The summed E-state index contributed by atoms with van der Waals surface area (Å²) in [5.41, 5.74) is 1.91. The second-order valence-corrected chi connectivity index (χ2v) is 7.27. The third-order valence-electron chi connectivity index (χ3n) is 4.92. The number of rotatable bonds is 4. The van der Waals surface area contributed by atoms with E-state index in [-0.39, 0.29) is 17.2 Å². The minimum Gasteiger partial charge on any atom is -0.353 e. The van der Waals surface area contributed by atoms with E-state index in [1.165, 1.54) is 30.3 Å². The van der Waals surface area contributed by atoms with Gasteiger partial charge in [-0.2, -0.15) is 13.2 Å². The van der Waals surface area contributed by atoms with Gasteiger partial charge in [0.25, 0.3) is 0 Å². The van der Waals surface area contributed by atoms with Crippen LogP contribution in [0.25, 0.3) is 0 Å². The first-order valence-electron chi connectivity index (χ1n) is 8.92. The lowest BCUT2D eigenvalue weighted by Crippen LogP contribution is -2.33. The Kier molecular flexibility index (Phi) is 4.86.